The summed E-state index contributed by atoms with van der Waals surface area (Å²) < 4.78 is 0.718. The van der Waals surface area contributed by atoms with Crippen LogP contribution in [0, 0.1) is 11.6 Å². The topological polar surface area (TPSA) is 41.8 Å². The molecule has 3 heteroatoms. The third kappa shape index (κ3) is 1.10. The van der Waals surface area contributed by atoms with Crippen molar-refractivity contribution in [3.8, 4) is 0 Å². The number of anilines is 1. The third-order valence-electron chi connectivity index (χ3n) is 1.25. The molecule has 0 saturated heterocycles. The Balaban J connectivity index is 3.43. The van der Waals surface area contributed by atoms with Crippen molar-refractivity contribution in [2.75, 3.05) is 5.73 Å². The maximum absolute atomic E-state index is 5.53. The molecule has 0 saturated carbocycles. The minimum absolute atomic E-state index is 0.718. The lowest BCUT2D eigenvalue weighted by atomic mass is 10.3. The molecule has 0 spiro atoms. The molecule has 1 heterocycles. The van der Waals surface area contributed by atoms with Gasteiger partial charge < -0.3 is 10.7 Å². The van der Waals surface area contributed by atoms with E-state index in [1.165, 1.54) is 0 Å². The van der Waals surface area contributed by atoms with Gasteiger partial charge in [0.05, 0.1) is 0 Å². The average Bonchev–Trinajstić information content (AvgIpc) is 1.83. The number of nitrogen functional groups attached to an aromatic ring is 1. The van der Waals surface area contributed by atoms with Gasteiger partial charge in [0, 0.05) is 17.4 Å². The lowest BCUT2D eigenvalue weighted by molar-refractivity contribution is 1.24. The van der Waals surface area contributed by atoms with Gasteiger partial charge in [0.15, 0.2) is 0 Å². The van der Waals surface area contributed by atoms with E-state index in [4.69, 9.17) is 18.0 Å². The molecule has 0 unspecified atom stereocenters. The van der Waals surface area contributed by atoms with Gasteiger partial charge in [-0.3, -0.25) is 0 Å². The molecule has 9 heavy (non-hydrogen) atoms. The number of nitrogens with two attached hydrogens (primary N) is 1. The summed E-state index contributed by atoms with van der Waals surface area (Å²) >= 11 is 4.91. The van der Waals surface area contributed by atoms with E-state index in [9.17, 15) is 0 Å². The summed E-state index contributed by atoms with van der Waals surface area (Å²) in [4.78, 5) is 2.88. The fourth-order valence-corrected chi connectivity index (χ4v) is 0.757. The Kier molecular flexibility index (Phi) is 1.53. The van der Waals surface area contributed by atoms with Gasteiger partial charge in [0.25, 0.3) is 0 Å². The quantitative estimate of drug-likeness (QED) is 0.538. The third-order valence-corrected chi connectivity index (χ3v) is 1.67. The summed E-state index contributed by atoms with van der Waals surface area (Å²) in [6.45, 7) is 1.90. The number of hydrogen-bond donors (Lipinski definition) is 2. The smallest absolute Gasteiger partial charge is 0.108 e. The second-order valence-electron chi connectivity index (χ2n) is 1.89. The molecule has 2 nitrogen and oxygen atoms in total. The molecule has 1 aromatic heterocycles. The van der Waals surface area contributed by atoms with Crippen LogP contribution < -0.4 is 5.73 Å². The van der Waals surface area contributed by atoms with Gasteiger partial charge in [-0.1, -0.05) is 12.2 Å². The number of nitrogens with one attached hydrogen (secondary N) is 1. The number of H-pyrrole nitrogens is 1. The van der Waals surface area contributed by atoms with Crippen molar-refractivity contribution in [3.05, 3.63) is 22.5 Å². The average molecular weight is 140 g/mol. The second kappa shape index (κ2) is 2.19. The predicted octanol–water partition coefficient (Wildman–Crippen LogP) is 1.63. The molecule has 3 N–H and O–H groups in total. The molecule has 48 valence electrons. The fraction of sp³-hybridized carbons (Fsp3) is 0.167. The van der Waals surface area contributed by atoms with E-state index in [0.29, 0.717) is 0 Å². The fourth-order valence-electron chi connectivity index (χ4n) is 0.571. The van der Waals surface area contributed by atoms with Crippen molar-refractivity contribution in [3.63, 3.8) is 0 Å². The van der Waals surface area contributed by atoms with Gasteiger partial charge in [0.1, 0.15) is 4.64 Å². The predicted molar refractivity (Wildman–Crippen MR) is 40.8 cm³/mol. The number of aromatic nitrogens is 1. The molecular weight excluding hydrogens is 132 g/mol. The van der Waals surface area contributed by atoms with E-state index in [-0.39, 0.29) is 0 Å². The van der Waals surface area contributed by atoms with Crippen LogP contribution in [0.2, 0.25) is 0 Å². The molecule has 1 rings (SSSR count). The highest BCUT2D eigenvalue weighted by Gasteiger charge is 1.90. The number of aromatic amines is 1. The first-order chi connectivity index (χ1) is 4.22. The van der Waals surface area contributed by atoms with Crippen LogP contribution >= 0.6 is 12.2 Å². The SMILES string of the molecule is Cc1c(N)cc[nH]c1=S. The standard InChI is InChI=1S/C6H8N2S/c1-4-5(7)2-3-8-6(4)9/h2-3H,1H3,(H3,7,8,9). The first-order valence-corrected chi connectivity index (χ1v) is 3.06. The van der Waals surface area contributed by atoms with E-state index in [1.807, 2.05) is 6.92 Å². The van der Waals surface area contributed by atoms with Crippen LogP contribution in [0.1, 0.15) is 5.56 Å². The van der Waals surface area contributed by atoms with Crippen LogP contribution in [-0.2, 0) is 0 Å². The molecule has 0 bridgehead atoms. The summed E-state index contributed by atoms with van der Waals surface area (Å²) in [7, 11) is 0. The van der Waals surface area contributed by atoms with Crippen molar-refractivity contribution in [2.45, 2.75) is 6.92 Å². The highest BCUT2D eigenvalue weighted by molar-refractivity contribution is 7.71. The Labute approximate surface area is 58.7 Å². The molecule has 0 radical (unpaired) electrons. The van der Waals surface area contributed by atoms with Crippen LogP contribution in [0.3, 0.4) is 0 Å². The second-order valence-corrected chi connectivity index (χ2v) is 2.30. The van der Waals surface area contributed by atoms with E-state index >= 15 is 0 Å². The Morgan fingerprint density at radius 2 is 2.33 bits per heavy atom. The van der Waals surface area contributed by atoms with Crippen LogP contribution in [0.5, 0.6) is 0 Å². The van der Waals surface area contributed by atoms with Gasteiger partial charge in [-0.05, 0) is 13.0 Å². The minimum Gasteiger partial charge on any atom is -0.398 e. The zero-order chi connectivity index (χ0) is 6.85. The highest BCUT2D eigenvalue weighted by atomic mass is 32.1. The lowest BCUT2D eigenvalue weighted by Crippen LogP contribution is -1.90. The van der Waals surface area contributed by atoms with Crippen LogP contribution in [0.4, 0.5) is 5.69 Å². The van der Waals surface area contributed by atoms with Gasteiger partial charge >= 0.3 is 0 Å². The highest BCUT2D eigenvalue weighted by Crippen LogP contribution is 2.07. The zero-order valence-corrected chi connectivity index (χ0v) is 5.96. The Hall–Kier alpha value is -0.830. The van der Waals surface area contributed by atoms with Crippen LogP contribution in [-0.4, -0.2) is 4.98 Å². The monoisotopic (exact) mass is 140 g/mol. The van der Waals surface area contributed by atoms with Gasteiger partial charge in [-0.2, -0.15) is 0 Å². The van der Waals surface area contributed by atoms with Gasteiger partial charge in [-0.25, -0.2) is 0 Å². The first-order valence-electron chi connectivity index (χ1n) is 2.65. The number of rotatable bonds is 0. The Morgan fingerprint density at radius 3 is 2.78 bits per heavy atom. The maximum atomic E-state index is 5.53. The summed E-state index contributed by atoms with van der Waals surface area (Å²) in [6.07, 6.45) is 1.74. The molecular formula is C6H8N2S. The summed E-state index contributed by atoms with van der Waals surface area (Å²) in [5.41, 5.74) is 7.23. The molecule has 1 aromatic rings. The van der Waals surface area contributed by atoms with Crippen LogP contribution in [0.25, 0.3) is 0 Å². The van der Waals surface area contributed by atoms with E-state index in [2.05, 4.69) is 4.98 Å². The van der Waals surface area contributed by atoms with E-state index in [0.717, 1.165) is 15.9 Å². The van der Waals surface area contributed by atoms with Crippen molar-refractivity contribution < 1.29 is 0 Å². The lowest BCUT2D eigenvalue weighted by Gasteiger charge is -1.95. The maximum Gasteiger partial charge on any atom is 0.108 e. The summed E-state index contributed by atoms with van der Waals surface area (Å²) in [5, 5.41) is 0. The Bertz CT molecular complexity index is 264. The molecule has 0 aliphatic heterocycles. The largest absolute Gasteiger partial charge is 0.398 e. The Morgan fingerprint density at radius 1 is 1.67 bits per heavy atom. The normalized spacial score (nSPS) is 9.44. The zero-order valence-electron chi connectivity index (χ0n) is 5.14. The van der Waals surface area contributed by atoms with Crippen molar-refractivity contribution >= 4 is 17.9 Å². The van der Waals surface area contributed by atoms with Crippen molar-refractivity contribution in [1.82, 2.24) is 4.98 Å². The summed E-state index contributed by atoms with van der Waals surface area (Å²) in [5.74, 6) is 0. The first kappa shape index (κ1) is 6.29. The molecule has 0 atom stereocenters. The van der Waals surface area contributed by atoms with Gasteiger partial charge in [-0.15, -0.1) is 0 Å². The molecule has 0 aromatic carbocycles. The van der Waals surface area contributed by atoms with Crippen molar-refractivity contribution in [2.24, 2.45) is 0 Å². The molecule has 0 fully saturated rings. The van der Waals surface area contributed by atoms with E-state index < -0.39 is 0 Å². The number of hydrogen-bond acceptors (Lipinski definition) is 2. The van der Waals surface area contributed by atoms with Gasteiger partial charge in [0.2, 0.25) is 0 Å². The minimum atomic E-state index is 0.718. The molecule has 0 amide bonds. The van der Waals surface area contributed by atoms with E-state index in [1.54, 1.807) is 12.3 Å². The van der Waals surface area contributed by atoms with Crippen LogP contribution in [0.15, 0.2) is 12.3 Å². The molecule has 0 aliphatic rings. The molecule has 0 aliphatic carbocycles. The summed E-state index contributed by atoms with van der Waals surface area (Å²) in [6, 6.07) is 1.80. The number of pyridine rings is 1. The van der Waals surface area contributed by atoms with Crippen molar-refractivity contribution in [1.29, 1.82) is 0 Å².